The first-order valence-corrected chi connectivity index (χ1v) is 8.60. The molecule has 1 aliphatic carbocycles. The maximum atomic E-state index is 7.90. The summed E-state index contributed by atoms with van der Waals surface area (Å²) in [7, 11) is 0. The van der Waals surface area contributed by atoms with Crippen molar-refractivity contribution >= 4 is 35.2 Å². The van der Waals surface area contributed by atoms with Crippen molar-refractivity contribution in [2.24, 2.45) is 0 Å². The fraction of sp³-hybridized carbons (Fsp3) is 0.217. The van der Waals surface area contributed by atoms with E-state index in [0.29, 0.717) is 11.4 Å². The first-order valence-electron chi connectivity index (χ1n) is 8.60. The molecule has 0 aromatic heterocycles. The molecule has 1 aromatic carbocycles. The Labute approximate surface area is 151 Å². The average Bonchev–Trinajstić information content (AvgIpc) is 2.58. The van der Waals surface area contributed by atoms with Crippen LogP contribution in [0.3, 0.4) is 0 Å². The number of hydrogen-bond acceptors (Lipinski definition) is 2. The SMILES string of the molecule is C=Cc1cc(C(/C=C\C(C)=N)=C/C(C)=N)c2c(c1/C=C\C)C=CCC2. The van der Waals surface area contributed by atoms with Gasteiger partial charge >= 0.3 is 0 Å². The summed E-state index contributed by atoms with van der Waals surface area (Å²) in [6.45, 7) is 9.55. The smallest absolute Gasteiger partial charge is 0.0289 e. The van der Waals surface area contributed by atoms with E-state index in [9.17, 15) is 0 Å². The molecule has 0 saturated carbocycles. The zero-order valence-corrected chi connectivity index (χ0v) is 15.3. The monoisotopic (exact) mass is 330 g/mol. The Morgan fingerprint density at radius 1 is 1.16 bits per heavy atom. The molecule has 0 radical (unpaired) electrons. The lowest BCUT2D eigenvalue weighted by Crippen LogP contribution is -2.05. The van der Waals surface area contributed by atoms with Crippen LogP contribution in [0.25, 0.3) is 23.8 Å². The highest BCUT2D eigenvalue weighted by atomic mass is 14.4. The molecular weight excluding hydrogens is 304 g/mol. The van der Waals surface area contributed by atoms with Crippen molar-refractivity contribution in [2.45, 2.75) is 33.6 Å². The molecule has 2 heteroatoms. The van der Waals surface area contributed by atoms with Crippen molar-refractivity contribution in [1.82, 2.24) is 0 Å². The first-order chi connectivity index (χ1) is 12.0. The molecule has 0 spiro atoms. The van der Waals surface area contributed by atoms with Gasteiger partial charge in [-0.1, -0.05) is 43.0 Å². The van der Waals surface area contributed by atoms with Crippen molar-refractivity contribution in [3.8, 4) is 0 Å². The number of allylic oxidation sites excluding steroid dienone is 6. The van der Waals surface area contributed by atoms with E-state index in [-0.39, 0.29) is 0 Å². The fourth-order valence-electron chi connectivity index (χ4n) is 3.11. The second-order valence-electron chi connectivity index (χ2n) is 6.26. The molecule has 1 aromatic rings. The molecule has 128 valence electrons. The summed E-state index contributed by atoms with van der Waals surface area (Å²) < 4.78 is 0. The molecule has 25 heavy (non-hydrogen) atoms. The van der Waals surface area contributed by atoms with Crippen LogP contribution >= 0.6 is 0 Å². The maximum Gasteiger partial charge on any atom is 0.0289 e. The predicted molar refractivity (Wildman–Crippen MR) is 113 cm³/mol. The Morgan fingerprint density at radius 2 is 1.92 bits per heavy atom. The van der Waals surface area contributed by atoms with Crippen molar-refractivity contribution < 1.29 is 0 Å². The van der Waals surface area contributed by atoms with Crippen LogP contribution in [0.1, 0.15) is 55.0 Å². The van der Waals surface area contributed by atoms with Crippen LogP contribution in [0.4, 0.5) is 0 Å². The van der Waals surface area contributed by atoms with E-state index in [1.165, 1.54) is 16.7 Å². The van der Waals surface area contributed by atoms with Gasteiger partial charge in [-0.05, 0) is 85.2 Å². The lowest BCUT2D eigenvalue weighted by Gasteiger charge is -2.21. The summed E-state index contributed by atoms with van der Waals surface area (Å²) >= 11 is 0. The highest BCUT2D eigenvalue weighted by Gasteiger charge is 2.17. The van der Waals surface area contributed by atoms with Crippen LogP contribution < -0.4 is 0 Å². The van der Waals surface area contributed by atoms with E-state index < -0.39 is 0 Å². The third-order valence-corrected chi connectivity index (χ3v) is 4.15. The molecular formula is C23H26N2. The highest BCUT2D eigenvalue weighted by molar-refractivity contribution is 6.02. The Bertz CT molecular complexity index is 830. The van der Waals surface area contributed by atoms with Crippen LogP contribution in [-0.2, 0) is 6.42 Å². The van der Waals surface area contributed by atoms with Gasteiger partial charge in [0.15, 0.2) is 0 Å². The Hall–Kier alpha value is -2.74. The van der Waals surface area contributed by atoms with Gasteiger partial charge in [0.05, 0.1) is 0 Å². The highest BCUT2D eigenvalue weighted by Crippen LogP contribution is 2.34. The summed E-state index contributed by atoms with van der Waals surface area (Å²) in [5.74, 6) is 0. The van der Waals surface area contributed by atoms with E-state index in [0.717, 1.165) is 29.5 Å². The number of fused-ring (bicyclic) bond motifs is 1. The second kappa shape index (κ2) is 8.39. The molecule has 0 aliphatic heterocycles. The molecule has 1 aliphatic rings. The fourth-order valence-corrected chi connectivity index (χ4v) is 3.11. The quantitative estimate of drug-likeness (QED) is 0.451. The molecule has 0 saturated heterocycles. The van der Waals surface area contributed by atoms with Crippen molar-refractivity contribution in [3.05, 3.63) is 70.8 Å². The number of hydrogen-bond donors (Lipinski definition) is 2. The summed E-state index contributed by atoms with van der Waals surface area (Å²) in [4.78, 5) is 0. The summed E-state index contributed by atoms with van der Waals surface area (Å²) in [6, 6.07) is 2.17. The lowest BCUT2D eigenvalue weighted by molar-refractivity contribution is 0.979. The molecule has 2 N–H and O–H groups in total. The molecule has 0 fully saturated rings. The van der Waals surface area contributed by atoms with Crippen molar-refractivity contribution in [2.75, 3.05) is 0 Å². The normalized spacial score (nSPS) is 14.1. The Balaban J connectivity index is 2.79. The number of rotatable bonds is 6. The van der Waals surface area contributed by atoms with Gasteiger partial charge in [-0.15, -0.1) is 0 Å². The zero-order valence-electron chi connectivity index (χ0n) is 15.3. The van der Waals surface area contributed by atoms with Gasteiger partial charge in [0.25, 0.3) is 0 Å². The number of benzene rings is 1. The maximum absolute atomic E-state index is 7.90. The van der Waals surface area contributed by atoms with Crippen molar-refractivity contribution in [1.29, 1.82) is 10.8 Å². The topological polar surface area (TPSA) is 47.7 Å². The molecule has 2 rings (SSSR count). The second-order valence-corrected chi connectivity index (χ2v) is 6.26. The largest absolute Gasteiger partial charge is 0.306 e. The van der Waals surface area contributed by atoms with E-state index in [1.807, 2.05) is 25.2 Å². The molecule has 2 nitrogen and oxygen atoms in total. The van der Waals surface area contributed by atoms with Crippen LogP contribution in [-0.4, -0.2) is 11.4 Å². The molecule has 0 bridgehead atoms. The van der Waals surface area contributed by atoms with E-state index in [2.05, 4.69) is 36.9 Å². The molecule has 0 atom stereocenters. The van der Waals surface area contributed by atoms with Crippen LogP contribution in [0.15, 0.2) is 43.0 Å². The predicted octanol–water partition coefficient (Wildman–Crippen LogP) is 6.34. The minimum Gasteiger partial charge on any atom is -0.306 e. The number of nitrogens with one attached hydrogen (secondary N) is 2. The van der Waals surface area contributed by atoms with E-state index >= 15 is 0 Å². The minimum atomic E-state index is 0.497. The van der Waals surface area contributed by atoms with E-state index in [4.69, 9.17) is 10.8 Å². The first kappa shape index (κ1) is 18.6. The Kier molecular flexibility index (Phi) is 6.24. The summed E-state index contributed by atoms with van der Waals surface area (Å²) in [6.07, 6.45) is 18.1. The summed E-state index contributed by atoms with van der Waals surface area (Å²) in [5, 5.41) is 15.6. The van der Waals surface area contributed by atoms with Gasteiger partial charge in [0.2, 0.25) is 0 Å². The van der Waals surface area contributed by atoms with Crippen LogP contribution in [0.2, 0.25) is 0 Å². The molecule has 0 amide bonds. The van der Waals surface area contributed by atoms with Gasteiger partial charge in [-0.2, -0.15) is 0 Å². The molecule has 0 unspecified atom stereocenters. The van der Waals surface area contributed by atoms with Gasteiger partial charge in [0.1, 0.15) is 0 Å². The molecule has 0 heterocycles. The summed E-state index contributed by atoms with van der Waals surface area (Å²) in [5.41, 5.74) is 7.94. The average molecular weight is 330 g/mol. The van der Waals surface area contributed by atoms with Crippen molar-refractivity contribution in [3.63, 3.8) is 0 Å². The van der Waals surface area contributed by atoms with Gasteiger partial charge in [-0.25, -0.2) is 0 Å². The Morgan fingerprint density at radius 3 is 2.52 bits per heavy atom. The van der Waals surface area contributed by atoms with E-state index in [1.54, 1.807) is 19.9 Å². The van der Waals surface area contributed by atoms with Crippen LogP contribution in [0, 0.1) is 10.8 Å². The standard InChI is InChI=1S/C23H26N2/c1-5-9-20-18(6-2)15-23(22-11-8-7-10-21(20)22)19(14-17(4)25)13-12-16(3)24/h5-7,9-10,12-15,24-25H,2,8,11H2,1,3-4H3/b9-5-,13-12-,19-14+,24-16?,25-17?. The zero-order chi connectivity index (χ0) is 18.4. The van der Waals surface area contributed by atoms with Gasteiger partial charge < -0.3 is 10.8 Å². The van der Waals surface area contributed by atoms with Crippen LogP contribution in [0.5, 0.6) is 0 Å². The van der Waals surface area contributed by atoms with Gasteiger partial charge in [-0.3, -0.25) is 0 Å². The third-order valence-electron chi connectivity index (χ3n) is 4.15. The third kappa shape index (κ3) is 4.42. The minimum absolute atomic E-state index is 0.497. The lowest BCUT2D eigenvalue weighted by atomic mass is 9.83. The van der Waals surface area contributed by atoms with Gasteiger partial charge in [0, 0.05) is 11.4 Å².